The summed E-state index contributed by atoms with van der Waals surface area (Å²) in [4.78, 5) is 13.2. The van der Waals surface area contributed by atoms with Crippen molar-refractivity contribution in [1.29, 1.82) is 0 Å². The molecule has 126 valence electrons. The van der Waals surface area contributed by atoms with Crippen molar-refractivity contribution in [2.24, 2.45) is 7.05 Å². The molecule has 24 heavy (non-hydrogen) atoms. The fourth-order valence-electron chi connectivity index (χ4n) is 2.19. The van der Waals surface area contributed by atoms with Gasteiger partial charge >= 0.3 is 0 Å². The topological polar surface area (TPSA) is 73.0 Å². The second kappa shape index (κ2) is 7.23. The van der Waals surface area contributed by atoms with E-state index in [1.807, 2.05) is 17.7 Å². The fourth-order valence-corrected chi connectivity index (χ4v) is 3.79. The van der Waals surface area contributed by atoms with Gasteiger partial charge in [0.05, 0.1) is 18.6 Å². The number of nitrogens with zero attached hydrogens (tertiary/aromatic N) is 3. The molecule has 0 aromatic carbocycles. The molecule has 0 atom stereocenters. The van der Waals surface area contributed by atoms with Gasteiger partial charge in [0.15, 0.2) is 11.0 Å². The van der Waals surface area contributed by atoms with E-state index in [0.29, 0.717) is 6.54 Å². The Balaban J connectivity index is 1.60. The van der Waals surface area contributed by atoms with Gasteiger partial charge in [-0.05, 0) is 31.5 Å². The molecule has 3 aromatic rings. The van der Waals surface area contributed by atoms with Crippen LogP contribution in [-0.2, 0) is 18.4 Å². The van der Waals surface area contributed by atoms with Crippen molar-refractivity contribution in [2.75, 3.05) is 5.75 Å². The average molecular weight is 362 g/mol. The molecule has 0 fully saturated rings. The molecular formula is C16H18N4O2S2. The summed E-state index contributed by atoms with van der Waals surface area (Å²) < 4.78 is 7.11. The fraction of sp³-hybridized carbons (Fsp3) is 0.312. The lowest BCUT2D eigenvalue weighted by Crippen LogP contribution is -2.24. The third-order valence-corrected chi connectivity index (χ3v) is 5.77. The standard InChI is InChI=1S/C16H18N4O2S2/c1-10-11(2)23-8-13(10)15-18-19-16(20(15)3)24-9-14(21)17-7-12-5-4-6-22-12/h4-6,8H,7,9H2,1-3H3,(H,17,21). The van der Waals surface area contributed by atoms with Gasteiger partial charge in [0.1, 0.15) is 5.76 Å². The first-order chi connectivity index (χ1) is 11.6. The predicted molar refractivity (Wildman–Crippen MR) is 95.1 cm³/mol. The number of thiophene rings is 1. The van der Waals surface area contributed by atoms with Crippen LogP contribution in [0.4, 0.5) is 0 Å². The monoisotopic (exact) mass is 362 g/mol. The number of hydrogen-bond donors (Lipinski definition) is 1. The summed E-state index contributed by atoms with van der Waals surface area (Å²) >= 11 is 3.08. The van der Waals surface area contributed by atoms with E-state index < -0.39 is 0 Å². The Hall–Kier alpha value is -2.06. The largest absolute Gasteiger partial charge is 0.467 e. The van der Waals surface area contributed by atoms with Gasteiger partial charge in [-0.15, -0.1) is 21.5 Å². The molecule has 0 saturated carbocycles. The number of carbonyl (C=O) groups is 1. The van der Waals surface area contributed by atoms with Gasteiger partial charge in [0.2, 0.25) is 5.91 Å². The van der Waals surface area contributed by atoms with Crippen LogP contribution in [0.3, 0.4) is 0 Å². The van der Waals surface area contributed by atoms with E-state index in [4.69, 9.17) is 4.42 Å². The Kier molecular flexibility index (Phi) is 5.06. The summed E-state index contributed by atoms with van der Waals surface area (Å²) in [7, 11) is 1.92. The van der Waals surface area contributed by atoms with Crippen molar-refractivity contribution in [3.8, 4) is 11.4 Å². The number of amides is 1. The maximum absolute atomic E-state index is 11.9. The van der Waals surface area contributed by atoms with Crippen molar-refractivity contribution in [1.82, 2.24) is 20.1 Å². The Bertz CT molecular complexity index is 837. The maximum Gasteiger partial charge on any atom is 0.230 e. The predicted octanol–water partition coefficient (Wildman–Crippen LogP) is 3.16. The van der Waals surface area contributed by atoms with Crippen LogP contribution in [0, 0.1) is 13.8 Å². The molecule has 3 heterocycles. The van der Waals surface area contributed by atoms with Crippen molar-refractivity contribution < 1.29 is 9.21 Å². The number of furan rings is 1. The molecule has 0 spiro atoms. The maximum atomic E-state index is 11.9. The lowest BCUT2D eigenvalue weighted by Gasteiger charge is -2.04. The lowest BCUT2D eigenvalue weighted by molar-refractivity contribution is -0.118. The molecule has 1 N–H and O–H groups in total. The smallest absolute Gasteiger partial charge is 0.230 e. The van der Waals surface area contributed by atoms with E-state index in [1.54, 1.807) is 23.7 Å². The summed E-state index contributed by atoms with van der Waals surface area (Å²) in [6, 6.07) is 3.62. The molecule has 3 rings (SSSR count). The molecule has 0 aliphatic rings. The second-order valence-corrected chi connectivity index (χ2v) is 7.37. The molecule has 0 bridgehead atoms. The molecule has 0 saturated heterocycles. The summed E-state index contributed by atoms with van der Waals surface area (Å²) in [6.45, 7) is 4.58. The van der Waals surface area contributed by atoms with Crippen molar-refractivity contribution in [3.05, 3.63) is 40.0 Å². The molecule has 1 amide bonds. The number of thioether (sulfide) groups is 1. The zero-order valence-electron chi connectivity index (χ0n) is 13.7. The SMILES string of the molecule is Cc1scc(-c2nnc(SCC(=O)NCc3ccco3)n2C)c1C. The second-order valence-electron chi connectivity index (χ2n) is 5.34. The molecule has 3 aromatic heterocycles. The normalized spacial score (nSPS) is 11.0. The Morgan fingerprint density at radius 3 is 2.92 bits per heavy atom. The first-order valence-electron chi connectivity index (χ1n) is 7.42. The average Bonchev–Trinajstić information content (AvgIpc) is 3.28. The van der Waals surface area contributed by atoms with Crippen LogP contribution in [0.5, 0.6) is 0 Å². The number of carbonyl (C=O) groups excluding carboxylic acids is 1. The molecule has 8 heteroatoms. The van der Waals surface area contributed by atoms with Crippen LogP contribution < -0.4 is 5.32 Å². The molecule has 0 aliphatic heterocycles. The van der Waals surface area contributed by atoms with Crippen molar-refractivity contribution in [2.45, 2.75) is 25.5 Å². The van der Waals surface area contributed by atoms with Gasteiger partial charge in [-0.2, -0.15) is 0 Å². The van der Waals surface area contributed by atoms with Gasteiger partial charge < -0.3 is 14.3 Å². The van der Waals surface area contributed by atoms with Gasteiger partial charge in [-0.1, -0.05) is 11.8 Å². The molecule has 0 unspecified atom stereocenters. The Morgan fingerprint density at radius 1 is 1.42 bits per heavy atom. The van der Waals surface area contributed by atoms with Crippen LogP contribution in [0.25, 0.3) is 11.4 Å². The quantitative estimate of drug-likeness (QED) is 0.682. The first kappa shape index (κ1) is 16.8. The Morgan fingerprint density at radius 2 is 2.25 bits per heavy atom. The number of hydrogen-bond acceptors (Lipinski definition) is 6. The van der Waals surface area contributed by atoms with Gasteiger partial charge in [0, 0.05) is 22.9 Å². The highest BCUT2D eigenvalue weighted by molar-refractivity contribution is 7.99. The van der Waals surface area contributed by atoms with Crippen LogP contribution in [0.2, 0.25) is 0 Å². The minimum absolute atomic E-state index is 0.0662. The van der Waals surface area contributed by atoms with Gasteiger partial charge in [-0.3, -0.25) is 4.79 Å². The summed E-state index contributed by atoms with van der Waals surface area (Å²) in [5, 5.41) is 14.1. The van der Waals surface area contributed by atoms with E-state index in [0.717, 1.165) is 22.3 Å². The Labute approximate surface area is 148 Å². The highest BCUT2D eigenvalue weighted by atomic mass is 32.2. The minimum atomic E-state index is -0.0662. The molecule has 0 aliphatic carbocycles. The van der Waals surface area contributed by atoms with Crippen LogP contribution in [0.15, 0.2) is 33.3 Å². The third-order valence-electron chi connectivity index (χ3n) is 3.73. The highest BCUT2D eigenvalue weighted by Crippen LogP contribution is 2.30. The number of rotatable bonds is 6. The summed E-state index contributed by atoms with van der Waals surface area (Å²) in [5.74, 6) is 1.78. The van der Waals surface area contributed by atoms with Crippen LogP contribution >= 0.6 is 23.1 Å². The van der Waals surface area contributed by atoms with E-state index >= 15 is 0 Å². The number of aromatic nitrogens is 3. The van der Waals surface area contributed by atoms with Crippen LogP contribution in [-0.4, -0.2) is 26.4 Å². The van der Waals surface area contributed by atoms with Crippen molar-refractivity contribution >= 4 is 29.0 Å². The summed E-state index contributed by atoms with van der Waals surface area (Å²) in [6.07, 6.45) is 1.59. The van der Waals surface area contributed by atoms with Gasteiger partial charge in [-0.25, -0.2) is 0 Å². The third kappa shape index (κ3) is 3.54. The molecular weight excluding hydrogens is 344 g/mol. The molecule has 6 nitrogen and oxygen atoms in total. The number of aryl methyl sites for hydroxylation is 1. The van der Waals surface area contributed by atoms with Gasteiger partial charge in [0.25, 0.3) is 0 Å². The highest BCUT2D eigenvalue weighted by Gasteiger charge is 2.16. The van der Waals surface area contributed by atoms with Crippen LogP contribution in [0.1, 0.15) is 16.2 Å². The first-order valence-corrected chi connectivity index (χ1v) is 9.29. The summed E-state index contributed by atoms with van der Waals surface area (Å²) in [5.41, 5.74) is 2.32. The number of nitrogens with one attached hydrogen (secondary N) is 1. The van der Waals surface area contributed by atoms with E-state index in [9.17, 15) is 4.79 Å². The zero-order valence-corrected chi connectivity index (χ0v) is 15.3. The van der Waals surface area contributed by atoms with E-state index in [-0.39, 0.29) is 11.7 Å². The van der Waals surface area contributed by atoms with Crippen molar-refractivity contribution in [3.63, 3.8) is 0 Å². The van der Waals surface area contributed by atoms with E-state index in [2.05, 4.69) is 34.7 Å². The molecule has 0 radical (unpaired) electrons. The zero-order chi connectivity index (χ0) is 17.1. The minimum Gasteiger partial charge on any atom is -0.467 e. The lowest BCUT2D eigenvalue weighted by atomic mass is 10.2. The van der Waals surface area contributed by atoms with E-state index in [1.165, 1.54) is 22.2 Å².